The topological polar surface area (TPSA) is 99.0 Å². The number of para-hydroxylation sites is 1. The van der Waals surface area contributed by atoms with Crippen LogP contribution < -0.4 is 5.32 Å². The summed E-state index contributed by atoms with van der Waals surface area (Å²) in [5.74, 6) is -2.51. The van der Waals surface area contributed by atoms with Crippen LogP contribution in [0.1, 0.15) is 5.56 Å². The molecule has 1 aliphatic rings. The predicted octanol–water partition coefficient (Wildman–Crippen LogP) is 1.82. The van der Waals surface area contributed by atoms with Gasteiger partial charge in [0.25, 0.3) is 0 Å². The molecule has 1 heterocycles. The minimum absolute atomic E-state index is 0.558. The van der Waals surface area contributed by atoms with Crippen LogP contribution in [0.5, 0.6) is 0 Å². The number of anilines is 1. The van der Waals surface area contributed by atoms with E-state index >= 15 is 0 Å². The van der Waals surface area contributed by atoms with E-state index in [1.807, 2.05) is 30.3 Å². The lowest BCUT2D eigenvalue weighted by atomic mass is 10.2. The standard InChI is InChI=1S/C9H8N2.C4H4O4/c1-2-4-9-8(3-1)5-6-10-7-11-9;5-3(6)1-2-4(7)8/h1-7H,(H,10,11);1-2H,(H,5,6)(H,7,8)/b;2-1-. The molecule has 0 spiro atoms. The first-order valence-corrected chi connectivity index (χ1v) is 5.27. The number of carbonyl (C=O) groups is 2. The number of benzene rings is 1. The first kappa shape index (κ1) is 14.2. The van der Waals surface area contributed by atoms with Gasteiger partial charge in [0.05, 0.1) is 6.34 Å². The number of fused-ring (bicyclic) bond motifs is 1. The summed E-state index contributed by atoms with van der Waals surface area (Å²) in [6.45, 7) is 0. The number of aliphatic carboxylic acids is 2. The molecular formula is C13H12N2O4. The van der Waals surface area contributed by atoms with Gasteiger partial charge in [-0.15, -0.1) is 0 Å². The van der Waals surface area contributed by atoms with E-state index in [9.17, 15) is 9.59 Å². The van der Waals surface area contributed by atoms with E-state index in [2.05, 4.69) is 10.3 Å². The van der Waals surface area contributed by atoms with E-state index < -0.39 is 11.9 Å². The molecule has 1 aromatic carbocycles. The number of carboxylic acids is 2. The van der Waals surface area contributed by atoms with Crippen LogP contribution in [0.15, 0.2) is 47.6 Å². The van der Waals surface area contributed by atoms with Gasteiger partial charge in [0.2, 0.25) is 0 Å². The van der Waals surface area contributed by atoms with Gasteiger partial charge in [0.15, 0.2) is 0 Å². The number of nitrogens with one attached hydrogen (secondary N) is 1. The summed E-state index contributed by atoms with van der Waals surface area (Å²) < 4.78 is 0. The number of hydrogen-bond acceptors (Lipinski definition) is 4. The highest BCUT2D eigenvalue weighted by molar-refractivity contribution is 5.89. The van der Waals surface area contributed by atoms with Crippen LogP contribution in [0, 0.1) is 0 Å². The Morgan fingerprint density at radius 3 is 2.37 bits per heavy atom. The lowest BCUT2D eigenvalue weighted by molar-refractivity contribution is -0.134. The van der Waals surface area contributed by atoms with Gasteiger partial charge in [-0.3, -0.25) is 0 Å². The molecule has 19 heavy (non-hydrogen) atoms. The largest absolute Gasteiger partial charge is 0.478 e. The molecule has 0 fully saturated rings. The molecule has 0 unspecified atom stereocenters. The van der Waals surface area contributed by atoms with Gasteiger partial charge in [0.1, 0.15) is 0 Å². The summed E-state index contributed by atoms with van der Waals surface area (Å²) in [6, 6.07) is 8.08. The zero-order valence-corrected chi connectivity index (χ0v) is 9.85. The van der Waals surface area contributed by atoms with E-state index in [1.54, 1.807) is 12.5 Å². The van der Waals surface area contributed by atoms with Gasteiger partial charge in [-0.25, -0.2) is 14.6 Å². The fraction of sp³-hybridized carbons (Fsp3) is 0. The van der Waals surface area contributed by atoms with E-state index in [-0.39, 0.29) is 0 Å². The highest BCUT2D eigenvalue weighted by atomic mass is 16.4. The first-order chi connectivity index (χ1) is 9.09. The van der Waals surface area contributed by atoms with Crippen molar-refractivity contribution >= 4 is 30.0 Å². The van der Waals surface area contributed by atoms with Crippen molar-refractivity contribution < 1.29 is 19.8 Å². The lowest BCUT2D eigenvalue weighted by Crippen LogP contribution is -1.93. The molecule has 3 N–H and O–H groups in total. The molecule has 2 rings (SSSR count). The molecule has 1 aliphatic heterocycles. The monoisotopic (exact) mass is 260 g/mol. The maximum absolute atomic E-state index is 9.55. The van der Waals surface area contributed by atoms with Gasteiger partial charge in [-0.2, -0.15) is 0 Å². The van der Waals surface area contributed by atoms with Crippen LogP contribution in [0.3, 0.4) is 0 Å². The van der Waals surface area contributed by atoms with Crippen molar-refractivity contribution in [2.75, 3.05) is 5.32 Å². The first-order valence-electron chi connectivity index (χ1n) is 5.27. The fourth-order valence-corrected chi connectivity index (χ4v) is 1.19. The Kier molecular flexibility index (Phi) is 5.55. The average Bonchev–Trinajstić information content (AvgIpc) is 2.62. The van der Waals surface area contributed by atoms with Crippen molar-refractivity contribution in [3.63, 3.8) is 0 Å². The van der Waals surface area contributed by atoms with Gasteiger partial charge in [-0.05, 0) is 17.7 Å². The number of nitrogens with zero attached hydrogens (tertiary/aromatic N) is 1. The summed E-state index contributed by atoms with van der Waals surface area (Å²) in [7, 11) is 0. The molecule has 6 heteroatoms. The summed E-state index contributed by atoms with van der Waals surface area (Å²) in [5, 5.41) is 18.7. The number of rotatable bonds is 2. The third kappa shape index (κ3) is 5.83. The molecule has 0 amide bonds. The zero-order valence-electron chi connectivity index (χ0n) is 9.85. The average molecular weight is 260 g/mol. The van der Waals surface area contributed by atoms with E-state index in [4.69, 9.17) is 10.2 Å². The highest BCUT2D eigenvalue weighted by Crippen LogP contribution is 2.16. The third-order valence-electron chi connectivity index (χ3n) is 1.96. The Balaban J connectivity index is 0.000000203. The van der Waals surface area contributed by atoms with Gasteiger partial charge < -0.3 is 15.5 Å². The molecule has 0 bridgehead atoms. The minimum atomic E-state index is -1.26. The van der Waals surface area contributed by atoms with Crippen molar-refractivity contribution in [3.05, 3.63) is 48.2 Å². The number of aliphatic imine (C=N–C) groups is 1. The fourth-order valence-electron chi connectivity index (χ4n) is 1.19. The molecule has 98 valence electrons. The molecule has 0 saturated heterocycles. The van der Waals surface area contributed by atoms with Crippen molar-refractivity contribution in [3.8, 4) is 0 Å². The summed E-state index contributed by atoms with van der Waals surface area (Å²) in [4.78, 5) is 23.1. The molecule has 6 nitrogen and oxygen atoms in total. The van der Waals surface area contributed by atoms with Crippen LogP contribution in [-0.2, 0) is 9.59 Å². The number of carboxylic acid groups (broad SMARTS) is 2. The van der Waals surface area contributed by atoms with Gasteiger partial charge in [-0.1, -0.05) is 18.2 Å². The Labute approximate surface area is 109 Å². The second-order valence-corrected chi connectivity index (χ2v) is 3.34. The van der Waals surface area contributed by atoms with Gasteiger partial charge in [0, 0.05) is 24.0 Å². The quantitative estimate of drug-likeness (QED) is 0.704. The Morgan fingerprint density at radius 2 is 1.74 bits per heavy atom. The summed E-state index contributed by atoms with van der Waals surface area (Å²) in [5.41, 5.74) is 2.27. The summed E-state index contributed by atoms with van der Waals surface area (Å²) >= 11 is 0. The molecular weight excluding hydrogens is 248 g/mol. The second kappa shape index (κ2) is 7.44. The second-order valence-electron chi connectivity index (χ2n) is 3.34. The predicted molar refractivity (Wildman–Crippen MR) is 72.0 cm³/mol. The highest BCUT2D eigenvalue weighted by Gasteiger charge is 1.96. The molecule has 0 radical (unpaired) electrons. The van der Waals surface area contributed by atoms with Gasteiger partial charge >= 0.3 is 11.9 Å². The Bertz CT molecular complexity index is 531. The van der Waals surface area contributed by atoms with Crippen LogP contribution in [-0.4, -0.2) is 28.5 Å². The minimum Gasteiger partial charge on any atom is -0.478 e. The molecule has 0 saturated carbocycles. The SMILES string of the molecule is C1=Cc2ccccc2NC=N1.O=C(O)/C=C\C(=O)O. The molecule has 0 atom stereocenters. The van der Waals surface area contributed by atoms with Crippen LogP contribution in [0.2, 0.25) is 0 Å². The van der Waals surface area contributed by atoms with E-state index in [0.717, 1.165) is 5.69 Å². The summed E-state index contributed by atoms with van der Waals surface area (Å²) in [6.07, 6.45) is 6.55. The van der Waals surface area contributed by atoms with Crippen LogP contribution in [0.4, 0.5) is 5.69 Å². The lowest BCUT2D eigenvalue weighted by Gasteiger charge is -2.01. The smallest absolute Gasteiger partial charge is 0.328 e. The van der Waals surface area contributed by atoms with E-state index in [1.165, 1.54) is 5.56 Å². The van der Waals surface area contributed by atoms with Crippen LogP contribution in [0.25, 0.3) is 6.08 Å². The molecule has 1 aromatic rings. The maximum Gasteiger partial charge on any atom is 0.328 e. The Morgan fingerprint density at radius 1 is 1.11 bits per heavy atom. The number of hydrogen-bond donors (Lipinski definition) is 3. The van der Waals surface area contributed by atoms with Crippen molar-refractivity contribution in [1.82, 2.24) is 0 Å². The molecule has 0 aromatic heterocycles. The van der Waals surface area contributed by atoms with E-state index in [0.29, 0.717) is 12.2 Å². The normalized spacial score (nSPS) is 11.8. The maximum atomic E-state index is 9.55. The Hall–Kier alpha value is -2.89. The van der Waals surface area contributed by atoms with Crippen LogP contribution >= 0.6 is 0 Å². The zero-order chi connectivity index (χ0) is 14.1. The molecule has 0 aliphatic carbocycles. The third-order valence-corrected chi connectivity index (χ3v) is 1.96. The van der Waals surface area contributed by atoms with Crippen molar-refractivity contribution in [1.29, 1.82) is 0 Å². The van der Waals surface area contributed by atoms with Crippen molar-refractivity contribution in [2.45, 2.75) is 0 Å². The van der Waals surface area contributed by atoms with Crippen molar-refractivity contribution in [2.24, 2.45) is 4.99 Å².